The molecule has 3 unspecified atom stereocenters. The highest BCUT2D eigenvalue weighted by atomic mass is 31.2. The molecule has 0 aromatic rings. The van der Waals surface area contributed by atoms with Gasteiger partial charge in [0.2, 0.25) is 0 Å². The number of ether oxygens (including phenoxy) is 2. The Labute approximate surface area is 307 Å². The topological polar surface area (TPSA) is 132 Å². The van der Waals surface area contributed by atoms with Crippen LogP contribution >= 0.6 is 7.82 Å². The van der Waals surface area contributed by atoms with Crippen LogP contribution in [0.1, 0.15) is 194 Å². The molecular weight excluding hydrogens is 655 g/mol. The summed E-state index contributed by atoms with van der Waals surface area (Å²) in [5.74, 6) is -0.383. The maximum atomic E-state index is 12.6. The van der Waals surface area contributed by atoms with Gasteiger partial charge < -0.3 is 24.6 Å². The Bertz CT molecular complexity index is 795. The number of aliphatic hydroxyl groups is 2. The zero-order valence-electron chi connectivity index (χ0n) is 32.4. The van der Waals surface area contributed by atoms with Crippen LogP contribution in [0.4, 0.5) is 0 Å². The lowest BCUT2D eigenvalue weighted by Gasteiger charge is -2.20. The number of hydrogen-bond acceptors (Lipinski definition) is 8. The Morgan fingerprint density at radius 2 is 1.02 bits per heavy atom. The molecule has 0 amide bonds. The van der Waals surface area contributed by atoms with Crippen molar-refractivity contribution in [2.24, 2.45) is 0 Å². The van der Waals surface area contributed by atoms with Gasteiger partial charge in [0, 0.05) is 13.0 Å². The molecule has 9 nitrogen and oxygen atoms in total. The quantitative estimate of drug-likeness (QED) is 0.0243. The van der Waals surface area contributed by atoms with Gasteiger partial charge in [-0.2, -0.15) is 0 Å². The molecule has 10 heteroatoms. The summed E-state index contributed by atoms with van der Waals surface area (Å²) >= 11 is 0. The molecule has 0 aromatic carbocycles. The van der Waals surface area contributed by atoms with Crippen molar-refractivity contribution in [2.75, 3.05) is 33.0 Å². The molecule has 0 aliphatic rings. The summed E-state index contributed by atoms with van der Waals surface area (Å²) in [6.07, 6.45) is 36.0. The highest BCUT2D eigenvalue weighted by Crippen LogP contribution is 2.43. The van der Waals surface area contributed by atoms with Crippen molar-refractivity contribution >= 4 is 13.8 Å². The molecule has 0 aliphatic carbocycles. The summed E-state index contributed by atoms with van der Waals surface area (Å²) in [7, 11) is -4.51. The third-order valence-corrected chi connectivity index (χ3v) is 9.90. The van der Waals surface area contributed by atoms with Gasteiger partial charge in [-0.25, -0.2) is 4.57 Å². The van der Waals surface area contributed by atoms with Gasteiger partial charge in [0.15, 0.2) is 0 Å². The predicted octanol–water partition coefficient (Wildman–Crippen LogP) is 10.9. The Morgan fingerprint density at radius 3 is 1.50 bits per heavy atom. The van der Waals surface area contributed by atoms with Crippen molar-refractivity contribution in [1.29, 1.82) is 0 Å². The van der Waals surface area contributed by atoms with E-state index in [1.165, 1.54) is 141 Å². The number of allylic oxidation sites excluding steroid dienone is 2. The van der Waals surface area contributed by atoms with Crippen LogP contribution in [0, 0.1) is 0 Å². The molecule has 3 N–H and O–H groups in total. The van der Waals surface area contributed by atoms with E-state index in [1.54, 1.807) is 0 Å². The maximum absolute atomic E-state index is 12.6. The molecule has 0 heterocycles. The molecule has 0 aromatic heterocycles. The second-order valence-corrected chi connectivity index (χ2v) is 15.5. The Morgan fingerprint density at radius 1 is 0.600 bits per heavy atom. The van der Waals surface area contributed by atoms with Crippen molar-refractivity contribution in [3.63, 3.8) is 0 Å². The van der Waals surface area contributed by atoms with E-state index in [-0.39, 0.29) is 25.6 Å². The molecule has 0 radical (unpaired) electrons. The van der Waals surface area contributed by atoms with Crippen LogP contribution < -0.4 is 0 Å². The van der Waals surface area contributed by atoms with Crippen LogP contribution in [0.25, 0.3) is 0 Å². The number of phosphoric acid groups is 1. The number of carbonyl (C=O) groups excluding carboxylic acids is 1. The van der Waals surface area contributed by atoms with Crippen molar-refractivity contribution in [2.45, 2.75) is 206 Å². The maximum Gasteiger partial charge on any atom is 0.472 e. The van der Waals surface area contributed by atoms with Gasteiger partial charge >= 0.3 is 13.8 Å². The number of esters is 1. The Hall–Kier alpha value is -0.800. The van der Waals surface area contributed by atoms with E-state index in [0.717, 1.165) is 32.1 Å². The number of phosphoric ester groups is 1. The summed E-state index contributed by atoms with van der Waals surface area (Å²) in [5.41, 5.74) is 0. The highest BCUT2D eigenvalue weighted by Gasteiger charge is 2.26. The molecule has 0 rings (SSSR count). The molecule has 298 valence electrons. The molecular formula is C40H79O9P. The van der Waals surface area contributed by atoms with E-state index in [1.807, 2.05) is 0 Å². The van der Waals surface area contributed by atoms with Crippen molar-refractivity contribution in [3.05, 3.63) is 12.2 Å². The van der Waals surface area contributed by atoms with Crippen molar-refractivity contribution < 1.29 is 43.0 Å². The average Bonchev–Trinajstić information content (AvgIpc) is 3.10. The second kappa shape index (κ2) is 37.9. The molecule has 0 fully saturated rings. The number of aliphatic hydroxyl groups excluding tert-OH is 2. The summed E-state index contributed by atoms with van der Waals surface area (Å²) in [6, 6.07) is 0. The van der Waals surface area contributed by atoms with Gasteiger partial charge in [0.25, 0.3) is 0 Å². The minimum atomic E-state index is -4.51. The number of unbranched alkanes of at least 4 members (excludes halogenated alkanes) is 24. The van der Waals surface area contributed by atoms with Gasteiger partial charge in [-0.15, -0.1) is 0 Å². The molecule has 3 atom stereocenters. The third-order valence-electron chi connectivity index (χ3n) is 8.95. The van der Waals surface area contributed by atoms with Crippen molar-refractivity contribution in [3.8, 4) is 0 Å². The van der Waals surface area contributed by atoms with Gasteiger partial charge in [0.1, 0.15) is 12.2 Å². The fourth-order valence-corrected chi connectivity index (χ4v) is 6.55. The van der Waals surface area contributed by atoms with E-state index in [0.29, 0.717) is 6.61 Å². The Kier molecular flexibility index (Phi) is 37.3. The normalized spacial score (nSPS) is 14.3. The first kappa shape index (κ1) is 49.2. The van der Waals surface area contributed by atoms with E-state index in [2.05, 4.69) is 26.0 Å². The van der Waals surface area contributed by atoms with Crippen LogP contribution in [-0.4, -0.2) is 66.3 Å². The minimum Gasteiger partial charge on any atom is -0.457 e. The molecule has 50 heavy (non-hydrogen) atoms. The molecule has 0 saturated heterocycles. The lowest BCUT2D eigenvalue weighted by molar-refractivity contribution is -0.154. The first-order valence-electron chi connectivity index (χ1n) is 20.7. The number of hydrogen-bond donors (Lipinski definition) is 3. The van der Waals surface area contributed by atoms with E-state index >= 15 is 0 Å². The van der Waals surface area contributed by atoms with Crippen LogP contribution in [0.15, 0.2) is 12.2 Å². The van der Waals surface area contributed by atoms with Gasteiger partial charge in [-0.05, 0) is 38.5 Å². The molecule has 0 aliphatic heterocycles. The zero-order chi connectivity index (χ0) is 36.8. The molecule has 0 spiro atoms. The average molecular weight is 735 g/mol. The number of rotatable bonds is 40. The second-order valence-electron chi connectivity index (χ2n) is 14.0. The van der Waals surface area contributed by atoms with Crippen LogP contribution in [-0.2, 0) is 27.9 Å². The van der Waals surface area contributed by atoms with Gasteiger partial charge in [-0.1, -0.05) is 161 Å². The van der Waals surface area contributed by atoms with Gasteiger partial charge in [0.05, 0.1) is 26.4 Å². The predicted molar refractivity (Wildman–Crippen MR) is 205 cm³/mol. The summed E-state index contributed by atoms with van der Waals surface area (Å²) in [4.78, 5) is 22.5. The highest BCUT2D eigenvalue weighted by molar-refractivity contribution is 7.47. The van der Waals surface area contributed by atoms with Gasteiger partial charge in [-0.3, -0.25) is 13.8 Å². The summed E-state index contributed by atoms with van der Waals surface area (Å²) < 4.78 is 33.2. The molecule has 0 saturated carbocycles. The SMILES string of the molecule is CCCCCCCC/C=C\CCCCCCCCCCCC(=O)OC(COCCCCCCCCCCCC)COP(=O)(O)OCC(O)CO. The molecule has 0 bridgehead atoms. The van der Waals surface area contributed by atoms with E-state index in [9.17, 15) is 19.4 Å². The summed E-state index contributed by atoms with van der Waals surface area (Å²) in [6.45, 7) is 3.53. The minimum absolute atomic E-state index is 0.0535. The van der Waals surface area contributed by atoms with Crippen LogP contribution in [0.3, 0.4) is 0 Å². The first-order valence-corrected chi connectivity index (χ1v) is 22.2. The fraction of sp³-hybridized carbons (Fsp3) is 0.925. The lowest BCUT2D eigenvalue weighted by Crippen LogP contribution is -2.29. The van der Waals surface area contributed by atoms with E-state index in [4.69, 9.17) is 23.6 Å². The monoisotopic (exact) mass is 735 g/mol. The third kappa shape index (κ3) is 37.0. The zero-order valence-corrected chi connectivity index (χ0v) is 33.3. The summed E-state index contributed by atoms with van der Waals surface area (Å²) in [5, 5.41) is 18.3. The van der Waals surface area contributed by atoms with Crippen molar-refractivity contribution in [1.82, 2.24) is 0 Å². The first-order chi connectivity index (χ1) is 24.3. The lowest BCUT2D eigenvalue weighted by atomic mass is 10.1. The largest absolute Gasteiger partial charge is 0.472 e. The Balaban J connectivity index is 4.11. The standard InChI is InChI=1S/C40H79O9P/c1-3-5-7-9-11-13-15-16-17-18-19-20-21-22-23-24-26-28-30-32-40(43)49-39(37-48-50(44,45)47-35-38(42)34-41)36-46-33-31-29-27-25-14-12-10-8-6-4-2/h16-17,38-39,41-42H,3-15,18-37H2,1-2H3,(H,44,45)/b17-16-. The van der Waals surface area contributed by atoms with E-state index < -0.39 is 33.2 Å². The van der Waals surface area contributed by atoms with Crippen LogP contribution in [0.2, 0.25) is 0 Å². The fourth-order valence-electron chi connectivity index (χ4n) is 5.76. The smallest absolute Gasteiger partial charge is 0.457 e. The number of carbonyl (C=O) groups is 1. The van der Waals surface area contributed by atoms with Crippen LogP contribution in [0.5, 0.6) is 0 Å².